The highest BCUT2D eigenvalue weighted by atomic mass is 28.3. The number of benzene rings is 3. The van der Waals surface area contributed by atoms with Crippen LogP contribution in [0.4, 0.5) is 13.2 Å². The molecule has 0 radical (unpaired) electrons. The molecule has 0 saturated carbocycles. The van der Waals surface area contributed by atoms with Crippen LogP contribution in [-0.4, -0.2) is 8.07 Å². The van der Waals surface area contributed by atoms with Crippen LogP contribution in [0.5, 0.6) is 0 Å². The van der Waals surface area contributed by atoms with Crippen LogP contribution in [0.25, 0.3) is 22.3 Å². The smallest absolute Gasteiger partial charge is 0.131 e. The summed E-state index contributed by atoms with van der Waals surface area (Å²) in [5.74, 6) is -1.14. The Morgan fingerprint density at radius 2 is 1.21 bits per heavy atom. The molecule has 0 nitrogen and oxygen atoms in total. The minimum atomic E-state index is -1.80. The van der Waals surface area contributed by atoms with Crippen molar-refractivity contribution in [1.29, 1.82) is 0 Å². The quantitative estimate of drug-likeness (QED) is 0.409. The number of hydrogen-bond acceptors (Lipinski definition) is 0. The van der Waals surface area contributed by atoms with Gasteiger partial charge in [-0.2, -0.15) is 0 Å². The third kappa shape index (κ3) is 4.22. The molecule has 0 N–H and O–H groups in total. The van der Waals surface area contributed by atoms with Gasteiger partial charge in [-0.05, 0) is 46.5 Å². The molecule has 0 saturated heterocycles. The molecule has 4 heteroatoms. The Balaban J connectivity index is 1.96. The Hall–Kier alpha value is -2.33. The molecule has 0 spiro atoms. The van der Waals surface area contributed by atoms with E-state index in [2.05, 4.69) is 19.6 Å². The van der Waals surface area contributed by atoms with Crippen LogP contribution in [0.2, 0.25) is 19.6 Å². The normalized spacial score (nSPS) is 11.7. The molecule has 0 heterocycles. The number of aryl methyl sites for hydroxylation is 1. The van der Waals surface area contributed by atoms with E-state index in [1.807, 2.05) is 13.0 Å². The number of hydrogen-bond donors (Lipinski definition) is 0. The maximum absolute atomic E-state index is 14.8. The van der Waals surface area contributed by atoms with Crippen molar-refractivity contribution >= 4 is 13.3 Å². The minimum absolute atomic E-state index is 0.294. The molecule has 0 fully saturated rings. The third-order valence-corrected chi connectivity index (χ3v) is 6.96. The zero-order valence-corrected chi connectivity index (χ0v) is 17.7. The minimum Gasteiger partial charge on any atom is -0.207 e. The molecule has 0 aliphatic heterocycles. The molecule has 3 aromatic carbocycles. The summed E-state index contributed by atoms with van der Waals surface area (Å²) < 4.78 is 43.8. The van der Waals surface area contributed by atoms with Gasteiger partial charge in [-0.3, -0.25) is 0 Å². The lowest BCUT2D eigenvalue weighted by atomic mass is 9.98. The Labute approximate surface area is 166 Å². The van der Waals surface area contributed by atoms with Crippen molar-refractivity contribution < 1.29 is 13.2 Å². The van der Waals surface area contributed by atoms with Crippen LogP contribution in [0.3, 0.4) is 0 Å². The van der Waals surface area contributed by atoms with E-state index in [-0.39, 0.29) is 11.6 Å². The van der Waals surface area contributed by atoms with E-state index in [1.54, 1.807) is 30.3 Å². The fourth-order valence-corrected chi connectivity index (χ4v) is 4.82. The van der Waals surface area contributed by atoms with E-state index >= 15 is 0 Å². The van der Waals surface area contributed by atoms with Crippen LogP contribution in [0.1, 0.15) is 18.9 Å². The largest absolute Gasteiger partial charge is 0.207 e. The first-order chi connectivity index (χ1) is 13.2. The van der Waals surface area contributed by atoms with Gasteiger partial charge in [0.05, 0.1) is 8.07 Å². The second-order valence-corrected chi connectivity index (χ2v) is 13.2. The maximum atomic E-state index is 14.8. The first kappa shape index (κ1) is 20.4. The molecule has 0 aromatic heterocycles. The highest BCUT2D eigenvalue weighted by Gasteiger charge is 2.21. The van der Waals surface area contributed by atoms with Crippen molar-refractivity contribution in [3.63, 3.8) is 0 Å². The van der Waals surface area contributed by atoms with Gasteiger partial charge in [-0.1, -0.05) is 69.4 Å². The molecule has 3 aromatic rings. The van der Waals surface area contributed by atoms with E-state index in [1.165, 1.54) is 18.2 Å². The van der Waals surface area contributed by atoms with E-state index < -0.39 is 13.9 Å². The van der Waals surface area contributed by atoms with Gasteiger partial charge in [0.15, 0.2) is 0 Å². The summed E-state index contributed by atoms with van der Waals surface area (Å²) in [6, 6.07) is 14.6. The van der Waals surface area contributed by atoms with Gasteiger partial charge in [0.1, 0.15) is 17.5 Å². The Morgan fingerprint density at radius 3 is 1.71 bits per heavy atom. The van der Waals surface area contributed by atoms with Crippen LogP contribution >= 0.6 is 0 Å². The summed E-state index contributed by atoms with van der Waals surface area (Å²) >= 11 is 0. The Bertz CT molecular complexity index is 1000. The lowest BCUT2D eigenvalue weighted by molar-refractivity contribution is 0.624. The monoisotopic (exact) mass is 398 g/mol. The zero-order chi connectivity index (χ0) is 20.5. The topological polar surface area (TPSA) is 0 Å². The van der Waals surface area contributed by atoms with Gasteiger partial charge in [-0.25, -0.2) is 13.2 Å². The lowest BCUT2D eigenvalue weighted by Gasteiger charge is -2.18. The number of rotatable bonds is 5. The molecule has 28 heavy (non-hydrogen) atoms. The van der Waals surface area contributed by atoms with Crippen molar-refractivity contribution in [2.45, 2.75) is 39.4 Å². The van der Waals surface area contributed by atoms with E-state index in [4.69, 9.17) is 0 Å². The van der Waals surface area contributed by atoms with Crippen LogP contribution in [-0.2, 0) is 6.42 Å². The molecule has 0 bridgehead atoms. The molecule has 3 rings (SSSR count). The summed E-state index contributed by atoms with van der Waals surface area (Å²) in [7, 11) is -1.80. The molecule has 146 valence electrons. The maximum Gasteiger partial charge on any atom is 0.131 e. The predicted molar refractivity (Wildman–Crippen MR) is 114 cm³/mol. The second-order valence-electron chi connectivity index (χ2n) is 8.20. The number of halogens is 3. The van der Waals surface area contributed by atoms with Crippen LogP contribution in [0, 0.1) is 17.5 Å². The highest BCUT2D eigenvalue weighted by Crippen LogP contribution is 2.30. The summed E-state index contributed by atoms with van der Waals surface area (Å²) in [6.45, 7) is 8.25. The van der Waals surface area contributed by atoms with Crippen LogP contribution in [0.15, 0.2) is 54.6 Å². The third-order valence-electron chi connectivity index (χ3n) is 4.94. The highest BCUT2D eigenvalue weighted by molar-refractivity contribution is 6.88. The van der Waals surface area contributed by atoms with Crippen molar-refractivity contribution in [2.24, 2.45) is 0 Å². The van der Waals surface area contributed by atoms with Gasteiger partial charge in [0.25, 0.3) is 0 Å². The molecule has 0 atom stereocenters. The molecule has 0 amide bonds. The molecule has 0 unspecified atom stereocenters. The van der Waals surface area contributed by atoms with Gasteiger partial charge >= 0.3 is 0 Å². The molecule has 0 aliphatic carbocycles. The fraction of sp³-hybridized carbons (Fsp3) is 0.250. The van der Waals surface area contributed by atoms with E-state index in [9.17, 15) is 13.2 Å². The van der Waals surface area contributed by atoms with Gasteiger partial charge < -0.3 is 0 Å². The van der Waals surface area contributed by atoms with Crippen molar-refractivity contribution in [1.82, 2.24) is 0 Å². The average Bonchev–Trinajstić information content (AvgIpc) is 2.61. The summed E-state index contributed by atoms with van der Waals surface area (Å²) in [5, 5.41) is 0.725. The Morgan fingerprint density at radius 1 is 0.679 bits per heavy atom. The van der Waals surface area contributed by atoms with Gasteiger partial charge in [0.2, 0.25) is 0 Å². The molecule has 0 aliphatic rings. The fourth-order valence-electron chi connectivity index (χ4n) is 3.44. The van der Waals surface area contributed by atoms with Gasteiger partial charge in [-0.15, -0.1) is 0 Å². The first-order valence-electron chi connectivity index (χ1n) is 9.59. The second kappa shape index (κ2) is 7.96. The summed E-state index contributed by atoms with van der Waals surface area (Å²) in [5.41, 5.74) is 2.57. The SMILES string of the molecule is CCCc1ccc(-c2ccc(-c3ccc([Si](C)(C)C)c(F)c3)c(F)c2)c(F)c1. The summed E-state index contributed by atoms with van der Waals surface area (Å²) in [4.78, 5) is 0. The first-order valence-corrected chi connectivity index (χ1v) is 13.1. The van der Waals surface area contributed by atoms with Crippen molar-refractivity contribution in [3.8, 4) is 22.3 Å². The lowest BCUT2D eigenvalue weighted by Crippen LogP contribution is -2.39. The standard InChI is InChI=1S/C24H25F3Si/c1-5-6-16-7-10-19(21(25)13-16)17-8-11-20(22(26)14-17)18-9-12-24(23(27)15-18)28(2,3)4/h7-15H,5-6H2,1-4H3. The van der Waals surface area contributed by atoms with Crippen LogP contribution < -0.4 is 5.19 Å². The summed E-state index contributed by atoms with van der Waals surface area (Å²) in [6.07, 6.45) is 1.75. The zero-order valence-electron chi connectivity index (χ0n) is 16.7. The Kier molecular flexibility index (Phi) is 5.80. The van der Waals surface area contributed by atoms with Gasteiger partial charge in [0, 0.05) is 11.1 Å². The molecular formula is C24H25F3Si. The van der Waals surface area contributed by atoms with E-state index in [0.717, 1.165) is 23.6 Å². The predicted octanol–water partition coefficient (Wildman–Crippen LogP) is 6.94. The van der Waals surface area contributed by atoms with E-state index in [0.29, 0.717) is 22.3 Å². The average molecular weight is 399 g/mol. The van der Waals surface area contributed by atoms with Crippen molar-refractivity contribution in [3.05, 3.63) is 77.6 Å². The molecular weight excluding hydrogens is 373 g/mol. The van der Waals surface area contributed by atoms with Crippen molar-refractivity contribution in [2.75, 3.05) is 0 Å².